The number of rotatable bonds is 5. The fourth-order valence-corrected chi connectivity index (χ4v) is 3.69. The summed E-state index contributed by atoms with van der Waals surface area (Å²) in [6.07, 6.45) is 0. The highest BCUT2D eigenvalue weighted by Gasteiger charge is 2.16. The first-order valence-corrected chi connectivity index (χ1v) is 8.53. The van der Waals surface area contributed by atoms with Gasteiger partial charge in [-0.25, -0.2) is 0 Å². The lowest BCUT2D eigenvalue weighted by molar-refractivity contribution is -0.115. The van der Waals surface area contributed by atoms with Gasteiger partial charge in [-0.2, -0.15) is 0 Å². The van der Waals surface area contributed by atoms with Gasteiger partial charge in [-0.05, 0) is 37.5 Å². The molecule has 112 valence electrons. The number of aromatic nitrogens is 2. The minimum Gasteiger partial charge on any atom is -0.325 e. The van der Waals surface area contributed by atoms with Crippen LogP contribution in [0.25, 0.3) is 0 Å². The summed E-state index contributed by atoms with van der Waals surface area (Å²) in [7, 11) is 0. The molecule has 0 aliphatic carbocycles. The SMILES string of the molecule is Cc1nnc(S[C@H](C)C(=O)Nc2ccc(C(C)C)cc2)s1. The van der Waals surface area contributed by atoms with Crippen LogP contribution in [0.2, 0.25) is 0 Å². The van der Waals surface area contributed by atoms with E-state index in [1.54, 1.807) is 0 Å². The Kier molecular flexibility index (Phi) is 5.36. The summed E-state index contributed by atoms with van der Waals surface area (Å²) in [5, 5.41) is 11.6. The van der Waals surface area contributed by atoms with Crippen molar-refractivity contribution in [3.63, 3.8) is 0 Å². The van der Waals surface area contributed by atoms with Crippen molar-refractivity contribution in [2.75, 3.05) is 5.32 Å². The molecule has 0 aliphatic heterocycles. The van der Waals surface area contributed by atoms with Crippen LogP contribution in [0.1, 0.15) is 37.3 Å². The van der Waals surface area contributed by atoms with Gasteiger partial charge in [0.25, 0.3) is 0 Å². The number of amides is 1. The highest BCUT2D eigenvalue weighted by atomic mass is 32.2. The molecule has 0 aliphatic rings. The van der Waals surface area contributed by atoms with Gasteiger partial charge >= 0.3 is 0 Å². The number of carbonyl (C=O) groups is 1. The van der Waals surface area contributed by atoms with E-state index in [1.807, 2.05) is 38.1 Å². The Labute approximate surface area is 133 Å². The second kappa shape index (κ2) is 7.04. The van der Waals surface area contributed by atoms with Crippen LogP contribution in [0.5, 0.6) is 0 Å². The molecular formula is C15H19N3OS2. The quantitative estimate of drug-likeness (QED) is 0.843. The van der Waals surface area contributed by atoms with Crippen molar-refractivity contribution < 1.29 is 4.79 Å². The van der Waals surface area contributed by atoms with E-state index in [9.17, 15) is 4.79 Å². The zero-order valence-electron chi connectivity index (χ0n) is 12.6. The normalized spacial score (nSPS) is 12.4. The van der Waals surface area contributed by atoms with Crippen LogP contribution >= 0.6 is 23.1 Å². The Bertz CT molecular complexity index is 608. The minimum atomic E-state index is -0.206. The van der Waals surface area contributed by atoms with Crippen LogP contribution in [0.4, 0.5) is 5.69 Å². The molecule has 1 amide bonds. The van der Waals surface area contributed by atoms with E-state index in [-0.39, 0.29) is 11.2 Å². The van der Waals surface area contributed by atoms with Crippen LogP contribution in [0, 0.1) is 6.92 Å². The number of carbonyl (C=O) groups excluding carboxylic acids is 1. The Morgan fingerprint density at radius 1 is 1.19 bits per heavy atom. The number of hydrogen-bond acceptors (Lipinski definition) is 5. The molecule has 1 atom stereocenters. The molecule has 1 heterocycles. The first kappa shape index (κ1) is 16.0. The average Bonchev–Trinajstić information content (AvgIpc) is 2.84. The van der Waals surface area contributed by atoms with Crippen molar-refractivity contribution in [3.8, 4) is 0 Å². The summed E-state index contributed by atoms with van der Waals surface area (Å²) >= 11 is 2.94. The van der Waals surface area contributed by atoms with E-state index in [2.05, 4.69) is 29.4 Å². The van der Waals surface area contributed by atoms with Gasteiger partial charge in [0.05, 0.1) is 5.25 Å². The van der Waals surface area contributed by atoms with E-state index >= 15 is 0 Å². The predicted octanol–water partition coefficient (Wildman–Crippen LogP) is 4.09. The first-order valence-electron chi connectivity index (χ1n) is 6.83. The molecule has 0 saturated heterocycles. The lowest BCUT2D eigenvalue weighted by Gasteiger charge is -2.11. The Morgan fingerprint density at radius 3 is 2.38 bits per heavy atom. The molecule has 0 radical (unpaired) electrons. The van der Waals surface area contributed by atoms with Gasteiger partial charge in [-0.3, -0.25) is 4.79 Å². The second-order valence-electron chi connectivity index (χ2n) is 5.11. The smallest absolute Gasteiger partial charge is 0.237 e. The molecule has 21 heavy (non-hydrogen) atoms. The van der Waals surface area contributed by atoms with Gasteiger partial charge < -0.3 is 5.32 Å². The lowest BCUT2D eigenvalue weighted by Crippen LogP contribution is -2.22. The zero-order valence-corrected chi connectivity index (χ0v) is 14.2. The molecule has 0 bridgehead atoms. The predicted molar refractivity (Wildman–Crippen MR) is 89.1 cm³/mol. The lowest BCUT2D eigenvalue weighted by atomic mass is 10.0. The Morgan fingerprint density at radius 2 is 1.86 bits per heavy atom. The average molecular weight is 321 g/mol. The standard InChI is InChI=1S/C15H19N3OS2/c1-9(2)12-5-7-13(8-6-12)16-14(19)10(3)20-15-18-17-11(4)21-15/h5-10H,1-4H3,(H,16,19)/t10-/m1/s1. The molecule has 1 aromatic heterocycles. The maximum Gasteiger partial charge on any atom is 0.237 e. The van der Waals surface area contributed by atoms with Gasteiger partial charge in [-0.15, -0.1) is 10.2 Å². The molecule has 0 fully saturated rings. The van der Waals surface area contributed by atoms with Gasteiger partial charge in [-0.1, -0.05) is 49.1 Å². The van der Waals surface area contributed by atoms with Crippen LogP contribution in [0.15, 0.2) is 28.6 Å². The van der Waals surface area contributed by atoms with Gasteiger partial charge in [0.2, 0.25) is 5.91 Å². The van der Waals surface area contributed by atoms with Crippen molar-refractivity contribution in [2.45, 2.75) is 43.2 Å². The van der Waals surface area contributed by atoms with E-state index in [4.69, 9.17) is 0 Å². The number of hydrogen-bond donors (Lipinski definition) is 1. The van der Waals surface area contributed by atoms with Crippen molar-refractivity contribution in [3.05, 3.63) is 34.8 Å². The molecular weight excluding hydrogens is 302 g/mol. The summed E-state index contributed by atoms with van der Waals surface area (Å²) in [5.41, 5.74) is 2.09. The highest BCUT2D eigenvalue weighted by Crippen LogP contribution is 2.27. The molecule has 0 saturated carbocycles. The second-order valence-corrected chi connectivity index (χ2v) is 7.88. The van der Waals surface area contributed by atoms with Gasteiger partial charge in [0.1, 0.15) is 5.01 Å². The summed E-state index contributed by atoms with van der Waals surface area (Å²) in [5.74, 6) is 0.468. The topological polar surface area (TPSA) is 54.9 Å². The molecule has 1 aromatic carbocycles. The molecule has 0 unspecified atom stereocenters. The third-order valence-corrected chi connectivity index (χ3v) is 5.02. The molecule has 2 aromatic rings. The number of aryl methyl sites for hydroxylation is 1. The van der Waals surface area contributed by atoms with Crippen molar-refractivity contribution >= 4 is 34.7 Å². The molecule has 4 nitrogen and oxygen atoms in total. The number of anilines is 1. The monoisotopic (exact) mass is 321 g/mol. The highest BCUT2D eigenvalue weighted by molar-refractivity contribution is 8.02. The number of nitrogens with one attached hydrogen (secondary N) is 1. The summed E-state index contributed by atoms with van der Waals surface area (Å²) in [4.78, 5) is 12.2. The molecule has 1 N–H and O–H groups in total. The fraction of sp³-hybridized carbons (Fsp3) is 0.400. The Balaban J connectivity index is 1.93. The largest absolute Gasteiger partial charge is 0.325 e. The molecule has 0 spiro atoms. The van der Waals surface area contributed by atoms with Crippen LogP contribution in [0.3, 0.4) is 0 Å². The van der Waals surface area contributed by atoms with E-state index in [1.165, 1.54) is 28.7 Å². The van der Waals surface area contributed by atoms with E-state index in [0.717, 1.165) is 15.0 Å². The maximum absolute atomic E-state index is 12.2. The minimum absolute atomic E-state index is 0.0230. The third kappa shape index (κ3) is 4.54. The van der Waals surface area contributed by atoms with Gasteiger partial charge in [0, 0.05) is 5.69 Å². The van der Waals surface area contributed by atoms with Crippen molar-refractivity contribution in [1.29, 1.82) is 0 Å². The number of benzene rings is 1. The van der Waals surface area contributed by atoms with Crippen LogP contribution in [-0.2, 0) is 4.79 Å². The molecule has 6 heteroatoms. The van der Waals surface area contributed by atoms with E-state index in [0.29, 0.717) is 5.92 Å². The van der Waals surface area contributed by atoms with E-state index < -0.39 is 0 Å². The van der Waals surface area contributed by atoms with Crippen molar-refractivity contribution in [2.24, 2.45) is 0 Å². The van der Waals surface area contributed by atoms with Crippen molar-refractivity contribution in [1.82, 2.24) is 10.2 Å². The van der Waals surface area contributed by atoms with Crippen LogP contribution in [-0.4, -0.2) is 21.4 Å². The van der Waals surface area contributed by atoms with Crippen LogP contribution < -0.4 is 5.32 Å². The number of thioether (sulfide) groups is 1. The first-order chi connectivity index (χ1) is 9.95. The summed E-state index contributed by atoms with van der Waals surface area (Å²) in [6.45, 7) is 8.08. The molecule has 2 rings (SSSR count). The maximum atomic E-state index is 12.2. The zero-order chi connectivity index (χ0) is 15.4. The third-order valence-electron chi connectivity index (χ3n) is 3.00. The fourth-order valence-electron chi connectivity index (χ4n) is 1.73. The number of nitrogens with zero attached hydrogens (tertiary/aromatic N) is 2. The summed E-state index contributed by atoms with van der Waals surface area (Å²) in [6, 6.07) is 7.98. The summed E-state index contributed by atoms with van der Waals surface area (Å²) < 4.78 is 0.824. The Hall–Kier alpha value is -1.40. The van der Waals surface area contributed by atoms with Gasteiger partial charge in [0.15, 0.2) is 4.34 Å².